The number of fused-ring (bicyclic) bond motifs is 1. The average molecular weight is 335 g/mol. The highest BCUT2D eigenvalue weighted by molar-refractivity contribution is 5.94. The number of amides is 1. The van der Waals surface area contributed by atoms with Gasteiger partial charge in [0.2, 0.25) is 0 Å². The zero-order valence-electron chi connectivity index (χ0n) is 14.4. The molecular formula is C20H21N3O2. The van der Waals surface area contributed by atoms with Crippen molar-refractivity contribution in [2.24, 2.45) is 0 Å². The molecule has 128 valence electrons. The van der Waals surface area contributed by atoms with Gasteiger partial charge in [-0.05, 0) is 36.4 Å². The molecule has 1 amide bonds. The van der Waals surface area contributed by atoms with Crippen molar-refractivity contribution in [3.05, 3.63) is 66.4 Å². The molecule has 0 aliphatic heterocycles. The van der Waals surface area contributed by atoms with Crippen molar-refractivity contribution in [2.45, 2.75) is 0 Å². The Morgan fingerprint density at radius 1 is 1.08 bits per heavy atom. The van der Waals surface area contributed by atoms with Crippen LogP contribution in [0.3, 0.4) is 0 Å². The molecule has 0 spiro atoms. The van der Waals surface area contributed by atoms with E-state index in [2.05, 4.69) is 10.3 Å². The van der Waals surface area contributed by atoms with E-state index in [1.165, 1.54) is 0 Å². The third-order valence-corrected chi connectivity index (χ3v) is 3.89. The maximum Gasteiger partial charge on any atom is 0.251 e. The second-order valence-corrected chi connectivity index (χ2v) is 5.88. The lowest BCUT2D eigenvalue weighted by molar-refractivity contribution is 0.0947. The number of carbonyl (C=O) groups excluding carboxylic acids is 1. The van der Waals surface area contributed by atoms with E-state index in [1.54, 1.807) is 6.20 Å². The van der Waals surface area contributed by atoms with Crippen LogP contribution in [0.15, 0.2) is 60.8 Å². The number of carbonyl (C=O) groups is 1. The first-order valence-electron chi connectivity index (χ1n) is 8.17. The van der Waals surface area contributed by atoms with Crippen molar-refractivity contribution in [2.75, 3.05) is 32.1 Å². The molecule has 0 saturated carbocycles. The summed E-state index contributed by atoms with van der Waals surface area (Å²) in [6.45, 7) is 0.814. The Labute approximate surface area is 147 Å². The van der Waals surface area contributed by atoms with Gasteiger partial charge in [0, 0.05) is 36.9 Å². The van der Waals surface area contributed by atoms with Gasteiger partial charge < -0.3 is 15.0 Å². The lowest BCUT2D eigenvalue weighted by Gasteiger charge is -2.13. The number of nitrogens with one attached hydrogen (secondary N) is 1. The minimum atomic E-state index is -0.107. The third kappa shape index (κ3) is 4.07. The van der Waals surface area contributed by atoms with Crippen LogP contribution in [-0.4, -0.2) is 38.1 Å². The van der Waals surface area contributed by atoms with Crippen LogP contribution in [0.2, 0.25) is 0 Å². The topological polar surface area (TPSA) is 54.5 Å². The van der Waals surface area contributed by atoms with Crippen LogP contribution in [0.5, 0.6) is 5.75 Å². The quantitative estimate of drug-likeness (QED) is 0.703. The summed E-state index contributed by atoms with van der Waals surface area (Å²) in [7, 11) is 3.93. The molecule has 0 saturated heterocycles. The van der Waals surface area contributed by atoms with Crippen LogP contribution in [0.4, 0.5) is 5.69 Å². The second kappa shape index (κ2) is 7.66. The second-order valence-electron chi connectivity index (χ2n) is 5.88. The summed E-state index contributed by atoms with van der Waals surface area (Å²) in [5, 5.41) is 3.90. The van der Waals surface area contributed by atoms with Crippen LogP contribution < -0.4 is 15.0 Å². The summed E-state index contributed by atoms with van der Waals surface area (Å²) in [4.78, 5) is 18.5. The van der Waals surface area contributed by atoms with Crippen LogP contribution in [0.25, 0.3) is 10.9 Å². The number of anilines is 1. The van der Waals surface area contributed by atoms with E-state index in [1.807, 2.05) is 73.6 Å². The van der Waals surface area contributed by atoms with E-state index in [4.69, 9.17) is 4.74 Å². The zero-order chi connectivity index (χ0) is 17.6. The number of rotatable bonds is 6. The molecule has 1 N–H and O–H groups in total. The van der Waals surface area contributed by atoms with E-state index < -0.39 is 0 Å². The van der Waals surface area contributed by atoms with E-state index >= 15 is 0 Å². The summed E-state index contributed by atoms with van der Waals surface area (Å²) in [5.41, 5.74) is 2.52. The van der Waals surface area contributed by atoms with Crippen molar-refractivity contribution in [1.82, 2.24) is 10.3 Å². The SMILES string of the molecule is CN(C)c1ccc(C(=O)NCCOc2cccc3cccnc23)cc1. The predicted octanol–water partition coefficient (Wildman–Crippen LogP) is 3.11. The van der Waals surface area contributed by atoms with Crippen molar-refractivity contribution in [3.8, 4) is 5.75 Å². The fraction of sp³-hybridized carbons (Fsp3) is 0.200. The molecule has 5 heteroatoms. The zero-order valence-corrected chi connectivity index (χ0v) is 14.4. The lowest BCUT2D eigenvalue weighted by Crippen LogP contribution is -2.28. The number of nitrogens with zero attached hydrogens (tertiary/aromatic N) is 2. The number of hydrogen-bond acceptors (Lipinski definition) is 4. The molecule has 3 aromatic rings. The predicted molar refractivity (Wildman–Crippen MR) is 100 cm³/mol. The highest BCUT2D eigenvalue weighted by atomic mass is 16.5. The van der Waals surface area contributed by atoms with Crippen LogP contribution >= 0.6 is 0 Å². The number of benzene rings is 2. The Kier molecular flexibility index (Phi) is 5.14. The first-order chi connectivity index (χ1) is 12.1. The highest BCUT2D eigenvalue weighted by Crippen LogP contribution is 2.22. The first kappa shape index (κ1) is 16.8. The number of pyridine rings is 1. The van der Waals surface area contributed by atoms with Crippen LogP contribution in [0.1, 0.15) is 10.4 Å². The summed E-state index contributed by atoms with van der Waals surface area (Å²) < 4.78 is 5.77. The Hall–Kier alpha value is -3.08. The van der Waals surface area contributed by atoms with Gasteiger partial charge in [0.05, 0.1) is 6.54 Å². The number of ether oxygens (including phenoxy) is 1. The molecule has 5 nitrogen and oxygen atoms in total. The maximum absolute atomic E-state index is 12.2. The number of aromatic nitrogens is 1. The van der Waals surface area contributed by atoms with Crippen LogP contribution in [0, 0.1) is 0 Å². The van der Waals surface area contributed by atoms with Crippen LogP contribution in [-0.2, 0) is 0 Å². The van der Waals surface area contributed by atoms with Crippen molar-refractivity contribution >= 4 is 22.5 Å². The van der Waals surface area contributed by atoms with Gasteiger partial charge in [0.1, 0.15) is 17.9 Å². The molecule has 0 aliphatic rings. The van der Waals surface area contributed by atoms with Gasteiger partial charge in [-0.3, -0.25) is 9.78 Å². The van der Waals surface area contributed by atoms with E-state index in [0.717, 1.165) is 22.3 Å². The van der Waals surface area contributed by atoms with E-state index in [-0.39, 0.29) is 5.91 Å². The molecule has 3 rings (SSSR count). The minimum Gasteiger partial charge on any atom is -0.489 e. The van der Waals surface area contributed by atoms with Crippen molar-refractivity contribution in [1.29, 1.82) is 0 Å². The fourth-order valence-corrected chi connectivity index (χ4v) is 2.53. The average Bonchev–Trinajstić information content (AvgIpc) is 2.65. The molecule has 25 heavy (non-hydrogen) atoms. The smallest absolute Gasteiger partial charge is 0.251 e. The maximum atomic E-state index is 12.2. The molecule has 0 atom stereocenters. The van der Waals surface area contributed by atoms with Crippen molar-refractivity contribution < 1.29 is 9.53 Å². The standard InChI is InChI=1S/C20H21N3O2/c1-23(2)17-10-8-16(9-11-17)20(24)22-13-14-25-18-7-3-5-15-6-4-12-21-19(15)18/h3-12H,13-14H2,1-2H3,(H,22,24). The fourth-order valence-electron chi connectivity index (χ4n) is 2.53. The Morgan fingerprint density at radius 2 is 1.84 bits per heavy atom. The van der Waals surface area contributed by atoms with Gasteiger partial charge in [-0.25, -0.2) is 0 Å². The van der Waals surface area contributed by atoms with Gasteiger partial charge in [0.15, 0.2) is 0 Å². The lowest BCUT2D eigenvalue weighted by atomic mass is 10.2. The highest BCUT2D eigenvalue weighted by Gasteiger charge is 2.06. The molecule has 0 bridgehead atoms. The number of para-hydroxylation sites is 1. The summed E-state index contributed by atoms with van der Waals surface area (Å²) >= 11 is 0. The van der Waals surface area contributed by atoms with Gasteiger partial charge in [-0.1, -0.05) is 18.2 Å². The van der Waals surface area contributed by atoms with E-state index in [0.29, 0.717) is 18.7 Å². The summed E-state index contributed by atoms with van der Waals surface area (Å²) in [5.74, 6) is 0.618. The minimum absolute atomic E-state index is 0.107. The molecular weight excluding hydrogens is 314 g/mol. The van der Waals surface area contributed by atoms with Gasteiger partial charge in [0.25, 0.3) is 5.91 Å². The molecule has 1 heterocycles. The number of hydrogen-bond donors (Lipinski definition) is 1. The monoisotopic (exact) mass is 335 g/mol. The summed E-state index contributed by atoms with van der Waals surface area (Å²) in [6, 6.07) is 17.2. The molecule has 0 aliphatic carbocycles. The Morgan fingerprint density at radius 3 is 2.60 bits per heavy atom. The summed E-state index contributed by atoms with van der Waals surface area (Å²) in [6.07, 6.45) is 1.74. The molecule has 1 aromatic heterocycles. The van der Waals surface area contributed by atoms with E-state index in [9.17, 15) is 4.79 Å². The first-order valence-corrected chi connectivity index (χ1v) is 8.17. The third-order valence-electron chi connectivity index (χ3n) is 3.89. The molecule has 2 aromatic carbocycles. The largest absolute Gasteiger partial charge is 0.489 e. The van der Waals surface area contributed by atoms with Crippen molar-refractivity contribution in [3.63, 3.8) is 0 Å². The molecule has 0 radical (unpaired) electrons. The van der Waals surface area contributed by atoms with Gasteiger partial charge in [-0.15, -0.1) is 0 Å². The van der Waals surface area contributed by atoms with Gasteiger partial charge in [-0.2, -0.15) is 0 Å². The molecule has 0 fully saturated rings. The van der Waals surface area contributed by atoms with Gasteiger partial charge >= 0.3 is 0 Å². The Bertz CT molecular complexity index is 855. The Balaban J connectivity index is 1.53. The molecule has 0 unspecified atom stereocenters. The normalized spacial score (nSPS) is 10.5.